The Hall–Kier alpha value is -0.920. The minimum atomic E-state index is 0.971. The van der Waals surface area contributed by atoms with Crippen LogP contribution >= 0.6 is 0 Å². The van der Waals surface area contributed by atoms with Crippen LogP contribution in [0.25, 0.3) is 0 Å². The van der Waals surface area contributed by atoms with Gasteiger partial charge in [0.05, 0.1) is 0 Å². The Bertz CT molecular complexity index is 1220. The van der Waals surface area contributed by atoms with Gasteiger partial charge in [0.1, 0.15) is 5.82 Å². The monoisotopic (exact) mass is 1120 g/mol. The van der Waals surface area contributed by atoms with E-state index in [2.05, 4.69) is 27.7 Å². The zero-order chi connectivity index (χ0) is 57.2. The summed E-state index contributed by atoms with van der Waals surface area (Å²) in [4.78, 5) is 10.6. The molecule has 0 saturated heterocycles. The van der Waals surface area contributed by atoms with Crippen molar-refractivity contribution in [2.75, 3.05) is 0 Å². The first-order chi connectivity index (χ1) is 39.8. The highest BCUT2D eigenvalue weighted by atomic mass is 14.9. The molecule has 0 aliphatic heterocycles. The van der Waals surface area contributed by atoms with Gasteiger partial charge in [0, 0.05) is 17.8 Å². The van der Waals surface area contributed by atoms with Gasteiger partial charge in [-0.1, -0.05) is 432 Å². The molecule has 0 saturated carbocycles. The fourth-order valence-electron chi connectivity index (χ4n) is 13.2. The van der Waals surface area contributed by atoms with Crippen molar-refractivity contribution in [3.05, 3.63) is 22.8 Å². The third kappa shape index (κ3) is 56.2. The van der Waals surface area contributed by atoms with Gasteiger partial charge in [-0.2, -0.15) is 0 Å². The first-order valence-corrected chi connectivity index (χ1v) is 38.6. The Balaban J connectivity index is 2.34. The molecular weight excluding hydrogens is 965 g/mol. The van der Waals surface area contributed by atoms with Crippen molar-refractivity contribution < 1.29 is 0 Å². The van der Waals surface area contributed by atoms with Gasteiger partial charge in [0.15, 0.2) is 0 Å². The van der Waals surface area contributed by atoms with Crippen LogP contribution in [0.2, 0.25) is 0 Å². The summed E-state index contributed by atoms with van der Waals surface area (Å²) in [7, 11) is 0. The molecule has 0 aliphatic carbocycles. The Morgan fingerprint density at radius 2 is 0.300 bits per heavy atom. The highest BCUT2D eigenvalue weighted by molar-refractivity contribution is 5.27. The van der Waals surface area contributed by atoms with E-state index in [0.29, 0.717) is 0 Å². The van der Waals surface area contributed by atoms with Gasteiger partial charge in [0.25, 0.3) is 0 Å². The lowest BCUT2D eigenvalue weighted by molar-refractivity contribution is 0.517. The molecule has 1 aromatic heterocycles. The zero-order valence-electron chi connectivity index (χ0n) is 56.4. The molecule has 0 radical (unpaired) electrons. The van der Waals surface area contributed by atoms with E-state index in [1.54, 1.807) is 5.56 Å². The number of nitrogens with zero attached hydrogens (tertiary/aromatic N) is 2. The van der Waals surface area contributed by atoms with Crippen molar-refractivity contribution in [1.82, 2.24) is 9.97 Å². The Labute approximate surface area is 507 Å². The van der Waals surface area contributed by atoms with Crippen LogP contribution < -0.4 is 0 Å². The molecule has 0 spiro atoms. The second-order valence-corrected chi connectivity index (χ2v) is 26.9. The van der Waals surface area contributed by atoms with E-state index in [-0.39, 0.29) is 0 Å². The van der Waals surface area contributed by atoms with Crippen molar-refractivity contribution in [3.63, 3.8) is 0 Å². The summed E-state index contributed by atoms with van der Waals surface area (Å²) in [5, 5.41) is 0. The van der Waals surface area contributed by atoms with E-state index in [1.807, 2.05) is 0 Å². The summed E-state index contributed by atoms with van der Waals surface area (Å²) < 4.78 is 0. The van der Waals surface area contributed by atoms with E-state index >= 15 is 0 Å². The lowest BCUT2D eigenvalue weighted by atomic mass is 9.96. The normalized spacial score (nSPS) is 11.8. The largest absolute Gasteiger partial charge is 0.238 e. The summed E-state index contributed by atoms with van der Waals surface area (Å²) in [6, 6.07) is 0. The molecule has 0 amide bonds. The lowest BCUT2D eigenvalue weighted by Crippen LogP contribution is -2.11. The van der Waals surface area contributed by atoms with Gasteiger partial charge in [-0.15, -0.1) is 0 Å². The molecule has 0 N–H and O–H groups in total. The highest BCUT2D eigenvalue weighted by Crippen LogP contribution is 2.24. The van der Waals surface area contributed by atoms with Crippen LogP contribution in [0.4, 0.5) is 0 Å². The molecule has 0 unspecified atom stereocenters. The summed E-state index contributed by atoms with van der Waals surface area (Å²) in [5.74, 6) is 1.12. The predicted octanol–water partition coefficient (Wildman–Crippen LogP) is 28.5. The van der Waals surface area contributed by atoms with E-state index < -0.39 is 0 Å². The minimum absolute atomic E-state index is 0.971. The molecule has 2 heteroatoms. The van der Waals surface area contributed by atoms with E-state index in [4.69, 9.17) is 9.97 Å². The molecule has 2 nitrogen and oxygen atoms in total. The average molecular weight is 1120 g/mol. The van der Waals surface area contributed by atoms with Crippen LogP contribution in [0.1, 0.15) is 474 Å². The predicted molar refractivity (Wildman–Crippen MR) is 364 cm³/mol. The van der Waals surface area contributed by atoms with Crippen LogP contribution in [0.3, 0.4) is 0 Å². The number of aryl methyl sites for hydroxylation is 3. The maximum Gasteiger partial charge on any atom is 0.128 e. The molecule has 80 heavy (non-hydrogen) atoms. The van der Waals surface area contributed by atoms with Crippen LogP contribution in [0.15, 0.2) is 0 Å². The molecule has 0 bridgehead atoms. The van der Waals surface area contributed by atoms with Crippen molar-refractivity contribution in [3.8, 4) is 0 Å². The third-order valence-electron chi connectivity index (χ3n) is 18.9. The topological polar surface area (TPSA) is 25.8 Å². The smallest absolute Gasteiger partial charge is 0.128 e. The highest BCUT2D eigenvalue weighted by Gasteiger charge is 2.14. The lowest BCUT2D eigenvalue weighted by Gasteiger charge is -2.16. The van der Waals surface area contributed by atoms with Gasteiger partial charge in [0.2, 0.25) is 0 Å². The van der Waals surface area contributed by atoms with Crippen LogP contribution in [0.5, 0.6) is 0 Å². The van der Waals surface area contributed by atoms with Crippen LogP contribution in [0, 0.1) is 0 Å². The van der Waals surface area contributed by atoms with Crippen molar-refractivity contribution in [2.45, 2.75) is 477 Å². The minimum Gasteiger partial charge on any atom is -0.238 e. The molecule has 1 heterocycles. The summed E-state index contributed by atoms with van der Waals surface area (Å²) in [5.41, 5.74) is 4.48. The van der Waals surface area contributed by atoms with Crippen LogP contribution in [-0.4, -0.2) is 9.97 Å². The average Bonchev–Trinajstić information content (AvgIpc) is 3.49. The molecule has 0 fully saturated rings. The summed E-state index contributed by atoms with van der Waals surface area (Å²) in [6.45, 7) is 9.24. The Kier molecular flexibility index (Phi) is 64.8. The number of hydrogen-bond donors (Lipinski definition) is 0. The number of rotatable bonds is 70. The molecule has 0 aliphatic rings. The molecule has 0 atom stereocenters. The van der Waals surface area contributed by atoms with Crippen molar-refractivity contribution in [1.29, 1.82) is 0 Å². The van der Waals surface area contributed by atoms with E-state index in [1.165, 1.54) is 454 Å². The molecule has 474 valence electrons. The zero-order valence-corrected chi connectivity index (χ0v) is 56.4. The van der Waals surface area contributed by atoms with Crippen molar-refractivity contribution >= 4 is 0 Å². The maximum atomic E-state index is 5.31. The maximum absolute atomic E-state index is 5.31. The van der Waals surface area contributed by atoms with Gasteiger partial charge in [-0.05, 0) is 44.1 Å². The standard InChI is InChI=1S/C78H152N2/c1-5-9-12-15-18-21-24-27-30-33-36-39-42-45-48-51-54-57-60-63-66-69-72-75-76(73-70-67-64-61-58-55-52-49-46-43-40-37-34-31-28-25-22-19-16-13-10-6-2)79-78(8-4)80-77(75)74-71-68-65-62-59-56-53-50-47-44-41-38-35-32-29-26-23-20-17-14-11-7-3/h5-74H2,1-4H3. The van der Waals surface area contributed by atoms with Crippen LogP contribution in [-0.2, 0) is 25.7 Å². The molecule has 1 rings (SSSR count). The first kappa shape index (κ1) is 77.1. The van der Waals surface area contributed by atoms with Gasteiger partial charge >= 0.3 is 0 Å². The fraction of sp³-hybridized carbons (Fsp3) is 0.949. The number of unbranched alkanes of at least 4 members (excludes halogenated alkanes) is 63. The van der Waals surface area contributed by atoms with Gasteiger partial charge in [-0.25, -0.2) is 9.97 Å². The van der Waals surface area contributed by atoms with Gasteiger partial charge in [-0.3, -0.25) is 0 Å². The number of hydrogen-bond acceptors (Lipinski definition) is 2. The molecular formula is C78H152N2. The van der Waals surface area contributed by atoms with Gasteiger partial charge < -0.3 is 0 Å². The summed E-state index contributed by atoms with van der Waals surface area (Å²) >= 11 is 0. The molecule has 1 aromatic rings. The first-order valence-electron chi connectivity index (χ1n) is 38.6. The van der Waals surface area contributed by atoms with E-state index in [0.717, 1.165) is 12.2 Å². The summed E-state index contributed by atoms with van der Waals surface area (Å²) in [6.07, 6.45) is 100. The second kappa shape index (κ2) is 67.2. The Morgan fingerprint density at radius 3 is 0.450 bits per heavy atom. The fourth-order valence-corrected chi connectivity index (χ4v) is 13.2. The quantitative estimate of drug-likeness (QED) is 0.0608. The third-order valence-corrected chi connectivity index (χ3v) is 18.9. The SMILES string of the molecule is CCCCCCCCCCCCCCCCCCCCCCCCc1nc(CC)nc(CCCCCCCCCCCCCCCCCCCCCCCC)c1CCCCCCCCCCCCCCCCCCCCCCCC. The van der Waals surface area contributed by atoms with E-state index in [9.17, 15) is 0 Å². The number of aromatic nitrogens is 2. The second-order valence-electron chi connectivity index (χ2n) is 26.9. The van der Waals surface area contributed by atoms with Crippen molar-refractivity contribution in [2.24, 2.45) is 0 Å². The molecule has 0 aromatic carbocycles. The Morgan fingerprint density at radius 1 is 0.163 bits per heavy atom.